The smallest absolute Gasteiger partial charge is 0.338 e. The second-order valence-electron chi connectivity index (χ2n) is 5.97. The number of hydrogen-bond donors (Lipinski definition) is 0. The van der Waals surface area contributed by atoms with Gasteiger partial charge in [-0.05, 0) is 44.2 Å². The van der Waals surface area contributed by atoms with E-state index in [4.69, 9.17) is 14.2 Å². The maximum Gasteiger partial charge on any atom is 0.338 e. The fourth-order valence-electron chi connectivity index (χ4n) is 2.90. The van der Waals surface area contributed by atoms with Crippen LogP contribution in [-0.4, -0.2) is 44.0 Å². The van der Waals surface area contributed by atoms with Crippen LogP contribution in [0.1, 0.15) is 24.2 Å². The van der Waals surface area contributed by atoms with E-state index in [0.717, 1.165) is 16.3 Å². The van der Waals surface area contributed by atoms with Crippen LogP contribution < -0.4 is 14.4 Å². The van der Waals surface area contributed by atoms with Crippen molar-refractivity contribution < 1.29 is 23.8 Å². The Labute approximate surface area is 168 Å². The van der Waals surface area contributed by atoms with E-state index in [0.29, 0.717) is 36.8 Å². The van der Waals surface area contributed by atoms with E-state index in [9.17, 15) is 9.59 Å². The minimum Gasteiger partial charge on any atom is -0.490 e. The van der Waals surface area contributed by atoms with Crippen LogP contribution in [0.3, 0.4) is 0 Å². The van der Waals surface area contributed by atoms with Gasteiger partial charge < -0.3 is 19.1 Å². The van der Waals surface area contributed by atoms with Crippen LogP contribution in [0.5, 0.6) is 11.5 Å². The molecular formula is C21H23NO5S. The number of ether oxygens (including phenoxy) is 3. The molecule has 0 saturated heterocycles. The molecule has 1 aliphatic rings. The van der Waals surface area contributed by atoms with Gasteiger partial charge in [-0.1, -0.05) is 12.1 Å². The normalized spacial score (nSPS) is 12.9. The molecule has 1 heterocycles. The molecule has 1 aliphatic heterocycles. The Morgan fingerprint density at radius 2 is 1.79 bits per heavy atom. The molecule has 0 radical (unpaired) electrons. The molecule has 2 aromatic carbocycles. The second-order valence-corrected chi connectivity index (χ2v) is 7.10. The monoisotopic (exact) mass is 401 g/mol. The molecule has 0 bridgehead atoms. The van der Waals surface area contributed by atoms with E-state index in [1.807, 2.05) is 38.1 Å². The van der Waals surface area contributed by atoms with Gasteiger partial charge >= 0.3 is 5.97 Å². The quantitative estimate of drug-likeness (QED) is 0.658. The number of amides is 1. The van der Waals surface area contributed by atoms with E-state index < -0.39 is 5.97 Å². The summed E-state index contributed by atoms with van der Waals surface area (Å²) < 4.78 is 16.3. The first-order valence-corrected chi connectivity index (χ1v) is 10.2. The molecule has 0 atom stereocenters. The van der Waals surface area contributed by atoms with Gasteiger partial charge in [0.2, 0.25) is 0 Å². The summed E-state index contributed by atoms with van der Waals surface area (Å²) in [5.74, 6) is 1.05. The molecule has 28 heavy (non-hydrogen) atoms. The summed E-state index contributed by atoms with van der Waals surface area (Å²) in [4.78, 5) is 27.7. The van der Waals surface area contributed by atoms with Gasteiger partial charge in [0.15, 0.2) is 18.1 Å². The molecule has 0 N–H and O–H groups in total. The fraction of sp³-hybridized carbons (Fsp3) is 0.333. The SMILES string of the molecule is CCOc1ccc(C(=O)OCC(=O)N2CCSc3ccccc32)cc1OCC. The minimum atomic E-state index is -0.572. The Morgan fingerprint density at radius 1 is 1.04 bits per heavy atom. The maximum atomic E-state index is 12.6. The number of nitrogens with zero attached hydrogens (tertiary/aromatic N) is 1. The summed E-state index contributed by atoms with van der Waals surface area (Å²) >= 11 is 1.72. The number of fused-ring (bicyclic) bond motifs is 1. The van der Waals surface area contributed by atoms with Crippen molar-refractivity contribution in [1.29, 1.82) is 0 Å². The number of benzene rings is 2. The topological polar surface area (TPSA) is 65.1 Å². The predicted octanol–water partition coefficient (Wildman–Crippen LogP) is 3.78. The second kappa shape index (κ2) is 9.50. The predicted molar refractivity (Wildman–Crippen MR) is 109 cm³/mol. The lowest BCUT2D eigenvalue weighted by Crippen LogP contribution is -2.38. The summed E-state index contributed by atoms with van der Waals surface area (Å²) in [6.45, 7) is 4.96. The zero-order valence-electron chi connectivity index (χ0n) is 16.0. The molecule has 0 aliphatic carbocycles. The number of anilines is 1. The molecular weight excluding hydrogens is 378 g/mol. The van der Waals surface area contributed by atoms with Crippen LogP contribution in [0.2, 0.25) is 0 Å². The zero-order valence-corrected chi connectivity index (χ0v) is 16.8. The van der Waals surface area contributed by atoms with Crippen LogP contribution in [0.15, 0.2) is 47.4 Å². The van der Waals surface area contributed by atoms with Gasteiger partial charge in [0.05, 0.1) is 24.5 Å². The molecule has 0 fully saturated rings. The van der Waals surface area contributed by atoms with Crippen molar-refractivity contribution >= 4 is 29.3 Å². The lowest BCUT2D eigenvalue weighted by atomic mass is 10.2. The highest BCUT2D eigenvalue weighted by Gasteiger charge is 2.24. The highest BCUT2D eigenvalue weighted by Crippen LogP contribution is 2.34. The van der Waals surface area contributed by atoms with Gasteiger partial charge in [0.1, 0.15) is 0 Å². The molecule has 1 amide bonds. The molecule has 0 spiro atoms. The van der Waals surface area contributed by atoms with Crippen LogP contribution in [-0.2, 0) is 9.53 Å². The van der Waals surface area contributed by atoms with Crippen molar-refractivity contribution in [3.05, 3.63) is 48.0 Å². The van der Waals surface area contributed by atoms with Crippen molar-refractivity contribution in [2.75, 3.05) is 37.0 Å². The van der Waals surface area contributed by atoms with Gasteiger partial charge in [-0.15, -0.1) is 11.8 Å². The molecule has 0 aromatic heterocycles. The lowest BCUT2D eigenvalue weighted by Gasteiger charge is -2.28. The Balaban J connectivity index is 1.66. The third kappa shape index (κ3) is 4.59. The molecule has 148 valence electrons. The number of carbonyl (C=O) groups is 2. The number of esters is 1. The van der Waals surface area contributed by atoms with Gasteiger partial charge in [-0.2, -0.15) is 0 Å². The lowest BCUT2D eigenvalue weighted by molar-refractivity contribution is -0.121. The first-order chi connectivity index (χ1) is 13.6. The summed E-state index contributed by atoms with van der Waals surface area (Å²) in [7, 11) is 0. The van der Waals surface area contributed by atoms with E-state index in [1.54, 1.807) is 34.9 Å². The van der Waals surface area contributed by atoms with Gasteiger partial charge in [0.25, 0.3) is 5.91 Å². The van der Waals surface area contributed by atoms with Crippen LogP contribution in [0.4, 0.5) is 5.69 Å². The van der Waals surface area contributed by atoms with Gasteiger partial charge in [0, 0.05) is 17.2 Å². The number of rotatable bonds is 7. The standard InChI is InChI=1S/C21H23NO5S/c1-3-25-17-10-9-15(13-18(17)26-4-2)21(24)27-14-20(23)22-11-12-28-19-8-6-5-7-16(19)22/h5-10,13H,3-4,11-12,14H2,1-2H3. The van der Waals surface area contributed by atoms with Crippen LogP contribution >= 0.6 is 11.8 Å². The third-order valence-corrected chi connectivity index (χ3v) is 5.18. The van der Waals surface area contributed by atoms with E-state index in [1.165, 1.54) is 0 Å². The Kier molecular flexibility index (Phi) is 6.81. The zero-order chi connectivity index (χ0) is 19.9. The van der Waals surface area contributed by atoms with Crippen molar-refractivity contribution in [3.8, 4) is 11.5 Å². The summed E-state index contributed by atoms with van der Waals surface area (Å²) in [5, 5.41) is 0. The van der Waals surface area contributed by atoms with Crippen molar-refractivity contribution in [1.82, 2.24) is 0 Å². The molecule has 7 heteroatoms. The van der Waals surface area contributed by atoms with Crippen LogP contribution in [0.25, 0.3) is 0 Å². The molecule has 0 saturated carbocycles. The Bertz CT molecular complexity index is 854. The van der Waals surface area contributed by atoms with Crippen molar-refractivity contribution in [2.45, 2.75) is 18.7 Å². The number of carbonyl (C=O) groups excluding carboxylic acids is 2. The minimum absolute atomic E-state index is 0.239. The molecule has 6 nitrogen and oxygen atoms in total. The Morgan fingerprint density at radius 3 is 2.57 bits per heavy atom. The summed E-state index contributed by atoms with van der Waals surface area (Å²) in [5.41, 5.74) is 1.17. The van der Waals surface area contributed by atoms with Gasteiger partial charge in [-0.25, -0.2) is 4.79 Å². The van der Waals surface area contributed by atoms with E-state index >= 15 is 0 Å². The molecule has 0 unspecified atom stereocenters. The van der Waals surface area contributed by atoms with Gasteiger partial charge in [-0.3, -0.25) is 4.79 Å². The molecule has 2 aromatic rings. The average molecular weight is 401 g/mol. The Hall–Kier alpha value is -2.67. The van der Waals surface area contributed by atoms with Crippen molar-refractivity contribution in [2.24, 2.45) is 0 Å². The highest BCUT2D eigenvalue weighted by atomic mass is 32.2. The highest BCUT2D eigenvalue weighted by molar-refractivity contribution is 7.99. The fourth-order valence-corrected chi connectivity index (χ4v) is 3.89. The number of thioether (sulfide) groups is 1. The number of para-hydroxylation sites is 1. The first-order valence-electron chi connectivity index (χ1n) is 9.23. The largest absolute Gasteiger partial charge is 0.490 e. The molecule has 3 rings (SSSR count). The third-order valence-electron chi connectivity index (χ3n) is 4.14. The average Bonchev–Trinajstić information content (AvgIpc) is 2.73. The van der Waals surface area contributed by atoms with Crippen LogP contribution in [0, 0.1) is 0 Å². The summed E-state index contributed by atoms with van der Waals surface area (Å²) in [6.07, 6.45) is 0. The van der Waals surface area contributed by atoms with Crippen molar-refractivity contribution in [3.63, 3.8) is 0 Å². The summed E-state index contributed by atoms with van der Waals surface area (Å²) in [6, 6.07) is 12.6. The number of hydrogen-bond acceptors (Lipinski definition) is 6. The first kappa shape index (κ1) is 20.1. The maximum absolute atomic E-state index is 12.6. The van der Waals surface area contributed by atoms with E-state index in [2.05, 4.69) is 0 Å². The van der Waals surface area contributed by atoms with E-state index in [-0.39, 0.29) is 12.5 Å².